The topological polar surface area (TPSA) is 118 Å². The van der Waals surface area contributed by atoms with E-state index in [1.165, 1.54) is 11.3 Å². The number of nitrogens with zero attached hydrogens (tertiary/aromatic N) is 4. The van der Waals surface area contributed by atoms with Crippen LogP contribution in [0, 0.1) is 5.92 Å². The summed E-state index contributed by atoms with van der Waals surface area (Å²) in [7, 11) is -3.72. The Bertz CT molecular complexity index is 1210. The Morgan fingerprint density at radius 3 is 2.79 bits per heavy atom. The number of hydrogen-bond donors (Lipinski definition) is 1. The van der Waals surface area contributed by atoms with Crippen LogP contribution in [-0.4, -0.2) is 52.9 Å². The van der Waals surface area contributed by atoms with Gasteiger partial charge in [-0.25, -0.2) is 8.42 Å². The predicted molar refractivity (Wildman–Crippen MR) is 126 cm³/mol. The van der Waals surface area contributed by atoms with Gasteiger partial charge in [-0.2, -0.15) is 9.29 Å². The predicted octanol–water partition coefficient (Wildman–Crippen LogP) is 3.44. The summed E-state index contributed by atoms with van der Waals surface area (Å²) in [6, 6.07) is 6.55. The zero-order valence-electron chi connectivity index (χ0n) is 18.7. The lowest BCUT2D eigenvalue weighted by Gasteiger charge is -2.31. The Hall–Kier alpha value is -2.63. The smallest absolute Gasteiger partial charge is 0.252 e. The molecule has 11 heteroatoms. The molecule has 1 aliphatic carbocycles. The molecule has 9 nitrogen and oxygen atoms in total. The van der Waals surface area contributed by atoms with Gasteiger partial charge >= 0.3 is 0 Å². The minimum atomic E-state index is -3.72. The van der Waals surface area contributed by atoms with E-state index in [2.05, 4.69) is 20.4 Å². The largest absolute Gasteiger partial charge is 0.356 e. The minimum absolute atomic E-state index is 0.104. The fraction of sp³-hybridized carbons (Fsp3) is 0.478. The number of hydrogen-bond acceptors (Lipinski definition) is 8. The number of sulfonamides is 1. The standard InChI is InChI=1S/C23H27N5O4S2/c29-22-18-13-17(23-26-21(27-32-23)16-7-5-9-24-15-16)14-19(18)28(11-4-2-1-3-10-25-22)34(30,31)20-8-6-12-33-20/h5-9,12,15,17-19H,1-4,10-11,13-14H2,(H,25,29). The van der Waals surface area contributed by atoms with Gasteiger partial charge in [0.05, 0.1) is 5.92 Å². The van der Waals surface area contributed by atoms with Gasteiger partial charge in [-0.3, -0.25) is 9.78 Å². The Morgan fingerprint density at radius 2 is 2.00 bits per heavy atom. The second kappa shape index (κ2) is 9.93. The molecular weight excluding hydrogens is 474 g/mol. The van der Waals surface area contributed by atoms with Crippen molar-refractivity contribution in [1.29, 1.82) is 0 Å². The molecule has 0 spiro atoms. The summed E-state index contributed by atoms with van der Waals surface area (Å²) < 4.78 is 34.7. The number of nitrogens with one attached hydrogen (secondary N) is 1. The van der Waals surface area contributed by atoms with Gasteiger partial charge in [0.15, 0.2) is 0 Å². The van der Waals surface area contributed by atoms with Crippen LogP contribution in [0.2, 0.25) is 0 Å². The van der Waals surface area contributed by atoms with Gasteiger partial charge in [0.1, 0.15) is 4.21 Å². The third-order valence-corrected chi connectivity index (χ3v) is 9.91. The molecule has 1 aliphatic heterocycles. The number of carbonyl (C=O) groups is 1. The van der Waals surface area contributed by atoms with Crippen LogP contribution < -0.4 is 5.32 Å². The van der Waals surface area contributed by atoms with Crippen molar-refractivity contribution < 1.29 is 17.7 Å². The van der Waals surface area contributed by atoms with Crippen molar-refractivity contribution in [2.24, 2.45) is 5.92 Å². The molecule has 0 bridgehead atoms. The molecule has 1 saturated heterocycles. The second-order valence-corrected chi connectivity index (χ2v) is 11.9. The summed E-state index contributed by atoms with van der Waals surface area (Å²) >= 11 is 1.21. The van der Waals surface area contributed by atoms with Crippen LogP contribution in [0.1, 0.15) is 50.3 Å². The SMILES string of the molecule is O=C1NCCCCCCN(S(=O)(=O)c2cccs2)C2CC(c3nc(-c4cccnc4)no3)CC12. The number of amides is 1. The summed E-state index contributed by atoms with van der Waals surface area (Å²) in [6.45, 7) is 1.00. The lowest BCUT2D eigenvalue weighted by Crippen LogP contribution is -2.47. The van der Waals surface area contributed by atoms with E-state index in [-0.39, 0.29) is 11.8 Å². The monoisotopic (exact) mass is 501 g/mol. The molecule has 3 aromatic rings. The van der Waals surface area contributed by atoms with Crippen LogP contribution >= 0.6 is 11.3 Å². The van der Waals surface area contributed by atoms with Crippen LogP contribution in [0.3, 0.4) is 0 Å². The first-order chi connectivity index (χ1) is 16.5. The van der Waals surface area contributed by atoms with Crippen LogP contribution in [0.25, 0.3) is 11.4 Å². The maximum Gasteiger partial charge on any atom is 0.252 e. The van der Waals surface area contributed by atoms with Crippen LogP contribution in [-0.2, 0) is 14.8 Å². The first kappa shape index (κ1) is 23.1. The third kappa shape index (κ3) is 4.64. The molecule has 180 valence electrons. The highest BCUT2D eigenvalue weighted by Gasteiger charge is 2.47. The minimum Gasteiger partial charge on any atom is -0.356 e. The van der Waals surface area contributed by atoms with E-state index in [0.717, 1.165) is 31.2 Å². The molecule has 2 fully saturated rings. The summed E-state index contributed by atoms with van der Waals surface area (Å²) in [5.74, 6) is 0.0757. The van der Waals surface area contributed by atoms with E-state index in [9.17, 15) is 13.2 Å². The first-order valence-corrected chi connectivity index (χ1v) is 13.9. The van der Waals surface area contributed by atoms with E-state index in [1.807, 2.05) is 6.07 Å². The van der Waals surface area contributed by atoms with Crippen LogP contribution in [0.4, 0.5) is 0 Å². The molecule has 3 unspecified atom stereocenters. The van der Waals surface area contributed by atoms with Crippen LogP contribution in [0.15, 0.2) is 50.8 Å². The number of rotatable bonds is 4. The van der Waals surface area contributed by atoms with Gasteiger partial charge in [-0.05, 0) is 49.3 Å². The lowest BCUT2D eigenvalue weighted by molar-refractivity contribution is -0.125. The Morgan fingerprint density at radius 1 is 1.12 bits per heavy atom. The van der Waals surface area contributed by atoms with Gasteiger partial charge in [0.2, 0.25) is 17.6 Å². The van der Waals surface area contributed by atoms with E-state index in [4.69, 9.17) is 4.52 Å². The molecule has 3 atom stereocenters. The fourth-order valence-electron chi connectivity index (χ4n) is 4.91. The van der Waals surface area contributed by atoms with E-state index in [0.29, 0.717) is 41.9 Å². The van der Waals surface area contributed by atoms with Gasteiger partial charge in [0, 0.05) is 43.0 Å². The highest BCUT2D eigenvalue weighted by Crippen LogP contribution is 2.43. The van der Waals surface area contributed by atoms with E-state index < -0.39 is 22.0 Å². The summed E-state index contributed by atoms with van der Waals surface area (Å²) in [5.41, 5.74) is 0.741. The Balaban J connectivity index is 1.47. The second-order valence-electron chi connectivity index (χ2n) is 8.79. The molecule has 1 saturated carbocycles. The molecule has 1 N–H and O–H groups in total. The Labute approximate surface area is 202 Å². The quantitative estimate of drug-likeness (QED) is 0.582. The lowest BCUT2D eigenvalue weighted by atomic mass is 10.0. The van der Waals surface area contributed by atoms with Crippen molar-refractivity contribution in [2.75, 3.05) is 13.1 Å². The number of thiophene rings is 1. The summed E-state index contributed by atoms with van der Waals surface area (Å²) in [5, 5.41) is 8.89. The maximum atomic E-state index is 13.6. The molecule has 3 aromatic heterocycles. The van der Waals surface area contributed by atoms with Gasteiger partial charge in [0.25, 0.3) is 10.0 Å². The van der Waals surface area contributed by atoms with Gasteiger partial charge in [-0.1, -0.05) is 24.1 Å². The zero-order valence-corrected chi connectivity index (χ0v) is 20.3. The summed E-state index contributed by atoms with van der Waals surface area (Å²) in [4.78, 5) is 21.8. The number of pyridine rings is 1. The molecule has 5 rings (SSSR count). The molecular formula is C23H27N5O4S2. The molecule has 0 radical (unpaired) electrons. The highest BCUT2D eigenvalue weighted by molar-refractivity contribution is 7.91. The Kier molecular flexibility index (Phi) is 6.75. The number of fused-ring (bicyclic) bond motifs is 1. The first-order valence-electron chi connectivity index (χ1n) is 11.6. The highest BCUT2D eigenvalue weighted by atomic mass is 32.2. The van der Waals surface area contributed by atoms with Crippen molar-refractivity contribution in [3.63, 3.8) is 0 Å². The van der Waals surface area contributed by atoms with Crippen molar-refractivity contribution in [3.05, 3.63) is 47.9 Å². The molecule has 0 aromatic carbocycles. The third-order valence-electron chi connectivity index (χ3n) is 6.61. The fourth-order valence-corrected chi connectivity index (χ4v) is 7.74. The van der Waals surface area contributed by atoms with Crippen molar-refractivity contribution in [2.45, 2.75) is 54.7 Å². The van der Waals surface area contributed by atoms with Crippen LogP contribution in [0.5, 0.6) is 0 Å². The maximum absolute atomic E-state index is 13.6. The van der Waals surface area contributed by atoms with Crippen molar-refractivity contribution in [1.82, 2.24) is 24.7 Å². The normalized spacial score (nSPS) is 24.8. The van der Waals surface area contributed by atoms with Gasteiger partial charge < -0.3 is 9.84 Å². The van der Waals surface area contributed by atoms with E-state index >= 15 is 0 Å². The summed E-state index contributed by atoms with van der Waals surface area (Å²) in [6.07, 6.45) is 7.79. The molecule has 1 amide bonds. The van der Waals surface area contributed by atoms with Gasteiger partial charge in [-0.15, -0.1) is 11.3 Å². The number of carbonyl (C=O) groups excluding carboxylic acids is 1. The van der Waals surface area contributed by atoms with Crippen molar-refractivity contribution >= 4 is 27.3 Å². The molecule has 34 heavy (non-hydrogen) atoms. The molecule has 2 aliphatic rings. The zero-order chi connectivity index (χ0) is 23.5. The van der Waals surface area contributed by atoms with Crippen molar-refractivity contribution in [3.8, 4) is 11.4 Å². The average Bonchev–Trinajstić information content (AvgIpc) is 3.61. The average molecular weight is 502 g/mol. The van der Waals surface area contributed by atoms with E-state index in [1.54, 1.807) is 40.3 Å². The molecule has 4 heterocycles. The number of aromatic nitrogens is 3.